The summed E-state index contributed by atoms with van der Waals surface area (Å²) in [6.07, 6.45) is 2.20. The molecule has 0 N–H and O–H groups in total. The van der Waals surface area contributed by atoms with Crippen molar-refractivity contribution < 1.29 is 9.53 Å². The second-order valence-electron chi connectivity index (χ2n) is 6.37. The van der Waals surface area contributed by atoms with E-state index in [-0.39, 0.29) is 5.78 Å². The molecule has 0 aliphatic carbocycles. The summed E-state index contributed by atoms with van der Waals surface area (Å²) >= 11 is 0. The minimum Gasteiger partial charge on any atom is -0.494 e. The lowest BCUT2D eigenvalue weighted by atomic mass is 9.97. The monoisotopic (exact) mass is 323 g/mol. The maximum atomic E-state index is 12.9. The molecule has 0 amide bonds. The fraction of sp³-hybridized carbons (Fsp3) is 0.381. The zero-order valence-corrected chi connectivity index (χ0v) is 14.8. The van der Waals surface area contributed by atoms with Gasteiger partial charge in [-0.3, -0.25) is 4.79 Å². The SMILES string of the molecule is CCOc1ccc(C(=O)CN2CCCc3ccccc32)c(C)c1C. The van der Waals surface area contributed by atoms with Crippen molar-refractivity contribution in [3.05, 3.63) is 58.7 Å². The van der Waals surface area contributed by atoms with Gasteiger partial charge in [-0.05, 0) is 68.5 Å². The molecule has 0 radical (unpaired) electrons. The maximum absolute atomic E-state index is 12.9. The Morgan fingerprint density at radius 2 is 1.92 bits per heavy atom. The second kappa shape index (κ2) is 7.08. The number of ether oxygens (including phenoxy) is 1. The van der Waals surface area contributed by atoms with Crippen LogP contribution in [0.2, 0.25) is 0 Å². The Morgan fingerprint density at radius 1 is 1.12 bits per heavy atom. The fourth-order valence-corrected chi connectivity index (χ4v) is 3.44. The average Bonchev–Trinajstić information content (AvgIpc) is 2.59. The first-order chi connectivity index (χ1) is 11.6. The molecule has 0 spiro atoms. The summed E-state index contributed by atoms with van der Waals surface area (Å²) < 4.78 is 5.63. The van der Waals surface area contributed by atoms with E-state index >= 15 is 0 Å². The van der Waals surface area contributed by atoms with Crippen LogP contribution in [0.3, 0.4) is 0 Å². The summed E-state index contributed by atoms with van der Waals surface area (Å²) in [7, 11) is 0. The Labute approximate surface area is 144 Å². The summed E-state index contributed by atoms with van der Waals surface area (Å²) in [6, 6.07) is 12.2. The van der Waals surface area contributed by atoms with Gasteiger partial charge in [0, 0.05) is 17.8 Å². The molecule has 1 aliphatic rings. The zero-order chi connectivity index (χ0) is 17.1. The highest BCUT2D eigenvalue weighted by Crippen LogP contribution is 2.28. The van der Waals surface area contributed by atoms with Crippen molar-refractivity contribution in [3.63, 3.8) is 0 Å². The predicted octanol–water partition coefficient (Wildman–Crippen LogP) is 4.34. The summed E-state index contributed by atoms with van der Waals surface area (Å²) in [5.74, 6) is 1.05. The Kier molecular flexibility index (Phi) is 4.89. The Hall–Kier alpha value is -2.29. The van der Waals surface area contributed by atoms with E-state index in [0.717, 1.165) is 41.8 Å². The van der Waals surface area contributed by atoms with Crippen LogP contribution in [0.1, 0.15) is 40.4 Å². The number of hydrogen-bond acceptors (Lipinski definition) is 3. The molecule has 2 aromatic carbocycles. The standard InChI is InChI=1S/C21H25NO2/c1-4-24-21-12-11-18(15(2)16(21)3)20(23)14-22-13-7-9-17-8-5-6-10-19(17)22/h5-6,8,10-12H,4,7,9,13-14H2,1-3H3. The van der Waals surface area contributed by atoms with Gasteiger partial charge in [0.15, 0.2) is 5.78 Å². The molecule has 0 atom stereocenters. The molecule has 0 saturated carbocycles. The van der Waals surface area contributed by atoms with Crippen LogP contribution >= 0.6 is 0 Å². The molecule has 3 heteroatoms. The third-order valence-electron chi connectivity index (χ3n) is 4.88. The number of rotatable bonds is 5. The minimum atomic E-state index is 0.176. The molecule has 0 saturated heterocycles. The quantitative estimate of drug-likeness (QED) is 0.767. The molecule has 0 fully saturated rings. The van der Waals surface area contributed by atoms with Gasteiger partial charge in [-0.15, -0.1) is 0 Å². The van der Waals surface area contributed by atoms with Crippen molar-refractivity contribution in [1.29, 1.82) is 0 Å². The Balaban J connectivity index is 1.83. The fourth-order valence-electron chi connectivity index (χ4n) is 3.44. The van der Waals surface area contributed by atoms with Crippen molar-refractivity contribution >= 4 is 11.5 Å². The largest absolute Gasteiger partial charge is 0.494 e. The number of aryl methyl sites for hydroxylation is 1. The first-order valence-corrected chi connectivity index (χ1v) is 8.71. The van der Waals surface area contributed by atoms with Crippen LogP contribution < -0.4 is 9.64 Å². The van der Waals surface area contributed by atoms with Crippen LogP contribution in [-0.2, 0) is 6.42 Å². The number of carbonyl (C=O) groups is 1. The number of benzene rings is 2. The van der Waals surface area contributed by atoms with Crippen LogP contribution in [0.25, 0.3) is 0 Å². The molecule has 24 heavy (non-hydrogen) atoms. The third kappa shape index (κ3) is 3.16. The number of anilines is 1. The molecule has 126 valence electrons. The molecular weight excluding hydrogens is 298 g/mol. The van der Waals surface area contributed by atoms with Gasteiger partial charge in [0.25, 0.3) is 0 Å². The van der Waals surface area contributed by atoms with Gasteiger partial charge < -0.3 is 9.64 Å². The molecule has 0 aromatic heterocycles. The third-order valence-corrected chi connectivity index (χ3v) is 4.88. The molecule has 3 nitrogen and oxygen atoms in total. The predicted molar refractivity (Wildman–Crippen MR) is 98.4 cm³/mol. The van der Waals surface area contributed by atoms with Gasteiger partial charge in [-0.2, -0.15) is 0 Å². The smallest absolute Gasteiger partial charge is 0.182 e. The van der Waals surface area contributed by atoms with Crippen LogP contribution in [0.4, 0.5) is 5.69 Å². The van der Waals surface area contributed by atoms with E-state index in [9.17, 15) is 4.79 Å². The summed E-state index contributed by atoms with van der Waals surface area (Å²) in [5, 5.41) is 0. The summed E-state index contributed by atoms with van der Waals surface area (Å²) in [6.45, 7) is 8.02. The number of para-hydroxylation sites is 1. The van der Waals surface area contributed by atoms with Crippen molar-refractivity contribution in [2.45, 2.75) is 33.6 Å². The normalized spacial score (nSPS) is 13.5. The van der Waals surface area contributed by atoms with Gasteiger partial charge in [-0.1, -0.05) is 18.2 Å². The lowest BCUT2D eigenvalue weighted by Gasteiger charge is -2.31. The van der Waals surface area contributed by atoms with E-state index in [1.807, 2.05) is 39.0 Å². The van der Waals surface area contributed by atoms with Crippen LogP contribution in [0, 0.1) is 13.8 Å². The van der Waals surface area contributed by atoms with Gasteiger partial charge >= 0.3 is 0 Å². The van der Waals surface area contributed by atoms with E-state index in [1.54, 1.807) is 0 Å². The lowest BCUT2D eigenvalue weighted by Crippen LogP contribution is -2.34. The van der Waals surface area contributed by atoms with E-state index in [1.165, 1.54) is 11.3 Å². The number of nitrogens with zero attached hydrogens (tertiary/aromatic N) is 1. The van der Waals surface area contributed by atoms with Crippen molar-refractivity contribution in [2.24, 2.45) is 0 Å². The van der Waals surface area contributed by atoms with Gasteiger partial charge in [-0.25, -0.2) is 0 Å². The first kappa shape index (κ1) is 16.6. The molecule has 1 heterocycles. The lowest BCUT2D eigenvalue weighted by molar-refractivity contribution is 0.0998. The number of fused-ring (bicyclic) bond motifs is 1. The highest BCUT2D eigenvalue weighted by molar-refractivity contribution is 6.01. The minimum absolute atomic E-state index is 0.176. The molecule has 1 aliphatic heterocycles. The maximum Gasteiger partial charge on any atom is 0.182 e. The second-order valence-corrected chi connectivity index (χ2v) is 6.37. The average molecular weight is 323 g/mol. The summed E-state index contributed by atoms with van der Waals surface area (Å²) in [5.41, 5.74) is 5.44. The number of hydrogen-bond donors (Lipinski definition) is 0. The Morgan fingerprint density at radius 3 is 2.71 bits per heavy atom. The highest BCUT2D eigenvalue weighted by Gasteiger charge is 2.21. The topological polar surface area (TPSA) is 29.5 Å². The van der Waals surface area contributed by atoms with Gasteiger partial charge in [0.2, 0.25) is 0 Å². The van der Waals surface area contributed by atoms with E-state index < -0.39 is 0 Å². The van der Waals surface area contributed by atoms with Crippen LogP contribution in [0.5, 0.6) is 5.75 Å². The van der Waals surface area contributed by atoms with Gasteiger partial charge in [0.1, 0.15) is 5.75 Å². The molecule has 3 rings (SSSR count). The Bertz CT molecular complexity index is 751. The zero-order valence-electron chi connectivity index (χ0n) is 14.8. The molecule has 0 unspecified atom stereocenters. The van der Waals surface area contributed by atoms with Crippen molar-refractivity contribution in [1.82, 2.24) is 0 Å². The van der Waals surface area contributed by atoms with Crippen molar-refractivity contribution in [2.75, 3.05) is 24.6 Å². The number of ketones is 1. The van der Waals surface area contributed by atoms with Crippen molar-refractivity contribution in [3.8, 4) is 5.75 Å². The van der Waals surface area contributed by atoms with Crippen LogP contribution in [-0.4, -0.2) is 25.5 Å². The highest BCUT2D eigenvalue weighted by atomic mass is 16.5. The van der Waals surface area contributed by atoms with E-state index in [2.05, 4.69) is 23.1 Å². The summed E-state index contributed by atoms with van der Waals surface area (Å²) in [4.78, 5) is 15.1. The first-order valence-electron chi connectivity index (χ1n) is 8.71. The molecule has 2 aromatic rings. The van der Waals surface area contributed by atoms with Crippen LogP contribution in [0.15, 0.2) is 36.4 Å². The molecular formula is C21H25NO2. The van der Waals surface area contributed by atoms with Gasteiger partial charge in [0.05, 0.1) is 13.2 Å². The number of Topliss-reactive ketones (excluding diaryl/α,β-unsaturated/α-hetero) is 1. The number of carbonyl (C=O) groups excluding carboxylic acids is 1. The van der Waals surface area contributed by atoms with E-state index in [0.29, 0.717) is 13.2 Å². The van der Waals surface area contributed by atoms with E-state index in [4.69, 9.17) is 4.74 Å². The molecule has 0 bridgehead atoms.